The molecule has 0 amide bonds. The monoisotopic (exact) mass is 345 g/mol. The van der Waals surface area contributed by atoms with Gasteiger partial charge in [-0.3, -0.25) is 9.88 Å². The lowest BCUT2D eigenvalue weighted by Gasteiger charge is -2.24. The van der Waals surface area contributed by atoms with Crippen LogP contribution in [0.15, 0.2) is 34.9 Å². The largest absolute Gasteiger partial charge is 0.310 e. The van der Waals surface area contributed by atoms with Gasteiger partial charge in [-0.15, -0.1) is 0 Å². The zero-order valence-electron chi connectivity index (χ0n) is 12.1. The maximum absolute atomic E-state index is 4.61. The summed E-state index contributed by atoms with van der Waals surface area (Å²) >= 11 is 3.63. The van der Waals surface area contributed by atoms with E-state index in [2.05, 4.69) is 49.3 Å². The van der Waals surface area contributed by atoms with Gasteiger partial charge in [-0.1, -0.05) is 28.1 Å². The molecular formula is C17H20BrN3. The molecule has 4 heteroatoms. The molecule has 1 N–H and O–H groups in total. The normalized spacial score (nSPS) is 26.1. The highest BCUT2D eigenvalue weighted by atomic mass is 79.9. The van der Waals surface area contributed by atoms with Gasteiger partial charge in [0.1, 0.15) is 0 Å². The lowest BCUT2D eigenvalue weighted by molar-refractivity contribution is 0.251. The quantitative estimate of drug-likeness (QED) is 0.904. The summed E-state index contributed by atoms with van der Waals surface area (Å²) in [7, 11) is 0. The Morgan fingerprint density at radius 2 is 2.10 bits per heavy atom. The van der Waals surface area contributed by atoms with E-state index in [0.717, 1.165) is 22.6 Å². The molecule has 0 aliphatic carbocycles. The Kier molecular flexibility index (Phi) is 3.69. The predicted octanol–water partition coefficient (Wildman–Crippen LogP) is 3.32. The van der Waals surface area contributed by atoms with Crippen molar-refractivity contribution in [2.24, 2.45) is 0 Å². The van der Waals surface area contributed by atoms with Gasteiger partial charge < -0.3 is 5.32 Å². The number of halogens is 1. The number of nitrogens with one attached hydrogen (secondary N) is 1. The molecule has 0 spiro atoms. The molecule has 3 heterocycles. The van der Waals surface area contributed by atoms with Crippen LogP contribution >= 0.6 is 15.9 Å². The minimum Gasteiger partial charge on any atom is -0.310 e. The summed E-state index contributed by atoms with van der Waals surface area (Å²) in [5.41, 5.74) is 2.47. The fourth-order valence-corrected chi connectivity index (χ4v) is 4.18. The van der Waals surface area contributed by atoms with Crippen molar-refractivity contribution in [1.29, 1.82) is 0 Å². The smallest absolute Gasteiger partial charge is 0.0758 e. The molecule has 2 unspecified atom stereocenters. The molecule has 2 bridgehead atoms. The number of pyridine rings is 1. The van der Waals surface area contributed by atoms with Crippen molar-refractivity contribution in [3.63, 3.8) is 0 Å². The zero-order valence-corrected chi connectivity index (χ0v) is 13.6. The van der Waals surface area contributed by atoms with Crippen LogP contribution in [0.3, 0.4) is 0 Å². The van der Waals surface area contributed by atoms with Gasteiger partial charge >= 0.3 is 0 Å². The van der Waals surface area contributed by atoms with Crippen LogP contribution in [0.4, 0.5) is 0 Å². The first-order valence-corrected chi connectivity index (χ1v) is 8.59. The molecule has 2 saturated heterocycles. The third kappa shape index (κ3) is 2.72. The molecule has 1 aromatic carbocycles. The molecule has 21 heavy (non-hydrogen) atoms. The Bertz CT molecular complexity index is 658. The van der Waals surface area contributed by atoms with Crippen molar-refractivity contribution in [3.8, 4) is 0 Å². The second kappa shape index (κ2) is 5.67. The Morgan fingerprint density at radius 1 is 1.19 bits per heavy atom. The first-order chi connectivity index (χ1) is 10.3. The van der Waals surface area contributed by atoms with E-state index in [4.69, 9.17) is 0 Å². The van der Waals surface area contributed by atoms with Crippen molar-refractivity contribution in [2.45, 2.75) is 37.9 Å². The topological polar surface area (TPSA) is 28.2 Å². The SMILES string of the molecule is Brc1ccc(CN2CCC3CCC(C2)N3)c2ncccc12. The first-order valence-electron chi connectivity index (χ1n) is 7.80. The van der Waals surface area contributed by atoms with E-state index in [1.54, 1.807) is 0 Å². The number of benzene rings is 1. The summed E-state index contributed by atoms with van der Waals surface area (Å²) in [6.45, 7) is 3.37. The van der Waals surface area contributed by atoms with Gasteiger partial charge in [0.15, 0.2) is 0 Å². The lowest BCUT2D eigenvalue weighted by Crippen LogP contribution is -2.35. The Balaban J connectivity index is 1.61. The number of rotatable bonds is 2. The van der Waals surface area contributed by atoms with Gasteiger partial charge in [-0.05, 0) is 37.0 Å². The minimum atomic E-state index is 0.687. The summed E-state index contributed by atoms with van der Waals surface area (Å²) in [6.07, 6.45) is 5.87. The van der Waals surface area contributed by atoms with Crippen LogP contribution in [0.2, 0.25) is 0 Å². The van der Waals surface area contributed by atoms with Gasteiger partial charge in [-0.25, -0.2) is 0 Å². The number of likely N-dealkylation sites (tertiary alicyclic amines) is 1. The van der Waals surface area contributed by atoms with Crippen LogP contribution in [0.25, 0.3) is 10.9 Å². The molecular weight excluding hydrogens is 326 g/mol. The van der Waals surface area contributed by atoms with Crippen LogP contribution in [0, 0.1) is 0 Å². The molecule has 2 aliphatic rings. The van der Waals surface area contributed by atoms with Gasteiger partial charge in [0.25, 0.3) is 0 Å². The second-order valence-electron chi connectivity index (χ2n) is 6.27. The van der Waals surface area contributed by atoms with Crippen LogP contribution in [0.5, 0.6) is 0 Å². The minimum absolute atomic E-state index is 0.687. The van der Waals surface area contributed by atoms with Crippen molar-refractivity contribution < 1.29 is 0 Å². The molecule has 2 atom stereocenters. The van der Waals surface area contributed by atoms with E-state index < -0.39 is 0 Å². The number of nitrogens with zero attached hydrogens (tertiary/aromatic N) is 2. The van der Waals surface area contributed by atoms with Gasteiger partial charge in [0.05, 0.1) is 5.52 Å². The Labute approximate surface area is 133 Å². The highest BCUT2D eigenvalue weighted by Crippen LogP contribution is 2.27. The fraction of sp³-hybridized carbons (Fsp3) is 0.471. The summed E-state index contributed by atoms with van der Waals surface area (Å²) < 4.78 is 1.13. The summed E-state index contributed by atoms with van der Waals surface area (Å²) in [6, 6.07) is 9.96. The Morgan fingerprint density at radius 3 is 3.05 bits per heavy atom. The molecule has 4 rings (SSSR count). The van der Waals surface area contributed by atoms with Crippen molar-refractivity contribution in [2.75, 3.05) is 13.1 Å². The highest BCUT2D eigenvalue weighted by molar-refractivity contribution is 9.10. The molecule has 0 saturated carbocycles. The zero-order chi connectivity index (χ0) is 14.2. The molecule has 2 fully saturated rings. The summed E-state index contributed by atoms with van der Waals surface area (Å²) in [4.78, 5) is 7.20. The van der Waals surface area contributed by atoms with E-state index in [9.17, 15) is 0 Å². The Hall–Kier alpha value is -0.970. The molecule has 2 aliphatic heterocycles. The first kappa shape index (κ1) is 13.7. The van der Waals surface area contributed by atoms with Crippen molar-refractivity contribution in [1.82, 2.24) is 15.2 Å². The van der Waals surface area contributed by atoms with Gasteiger partial charge in [0, 0.05) is 47.8 Å². The fourth-order valence-electron chi connectivity index (χ4n) is 3.72. The third-order valence-electron chi connectivity index (χ3n) is 4.80. The number of aromatic nitrogens is 1. The number of fused-ring (bicyclic) bond motifs is 3. The molecule has 1 aromatic heterocycles. The van der Waals surface area contributed by atoms with E-state index >= 15 is 0 Å². The van der Waals surface area contributed by atoms with E-state index in [-0.39, 0.29) is 0 Å². The number of hydrogen-bond acceptors (Lipinski definition) is 3. The summed E-state index contributed by atoms with van der Waals surface area (Å²) in [5.74, 6) is 0. The second-order valence-corrected chi connectivity index (χ2v) is 7.12. The van der Waals surface area contributed by atoms with Crippen LogP contribution in [-0.2, 0) is 6.54 Å². The lowest BCUT2D eigenvalue weighted by atomic mass is 10.1. The molecule has 110 valence electrons. The molecule has 3 nitrogen and oxygen atoms in total. The van der Waals surface area contributed by atoms with Crippen LogP contribution in [0.1, 0.15) is 24.8 Å². The average molecular weight is 346 g/mol. The van der Waals surface area contributed by atoms with Crippen LogP contribution in [-0.4, -0.2) is 35.1 Å². The number of hydrogen-bond donors (Lipinski definition) is 1. The molecule has 2 aromatic rings. The highest BCUT2D eigenvalue weighted by Gasteiger charge is 2.29. The van der Waals surface area contributed by atoms with Crippen molar-refractivity contribution in [3.05, 3.63) is 40.5 Å². The van der Waals surface area contributed by atoms with E-state index in [1.165, 1.54) is 43.3 Å². The van der Waals surface area contributed by atoms with Crippen LogP contribution < -0.4 is 5.32 Å². The standard InChI is InChI=1S/C17H20BrN3/c18-16-6-3-12(17-15(16)2-1-8-19-17)10-21-9-7-13-4-5-14(11-21)20-13/h1-3,6,8,13-14,20H,4-5,7,9-11H2. The van der Waals surface area contributed by atoms with Gasteiger partial charge in [0.2, 0.25) is 0 Å². The van der Waals surface area contributed by atoms with Gasteiger partial charge in [-0.2, -0.15) is 0 Å². The summed E-state index contributed by atoms with van der Waals surface area (Å²) in [5, 5.41) is 4.96. The van der Waals surface area contributed by atoms with E-state index in [1.807, 2.05) is 12.3 Å². The maximum atomic E-state index is 4.61. The maximum Gasteiger partial charge on any atom is 0.0758 e. The average Bonchev–Trinajstić information content (AvgIpc) is 2.84. The van der Waals surface area contributed by atoms with Crippen molar-refractivity contribution >= 4 is 26.8 Å². The molecule has 0 radical (unpaired) electrons. The van der Waals surface area contributed by atoms with E-state index in [0.29, 0.717) is 6.04 Å². The predicted molar refractivity (Wildman–Crippen MR) is 89.3 cm³/mol. The third-order valence-corrected chi connectivity index (χ3v) is 5.49.